The zero-order valence-electron chi connectivity index (χ0n) is 11.9. The Balaban J connectivity index is 1.63. The Morgan fingerprint density at radius 2 is 1.95 bits per heavy atom. The van der Waals surface area contributed by atoms with E-state index in [0.29, 0.717) is 37.7 Å². The van der Waals surface area contributed by atoms with E-state index in [0.717, 1.165) is 12.0 Å². The maximum absolute atomic E-state index is 11.7. The Hall–Kier alpha value is -2.50. The summed E-state index contributed by atoms with van der Waals surface area (Å²) in [5.74, 6) is 0.298. The number of cyclic esters (lactones) is 1. The fraction of sp³-hybridized carbons (Fsp3) is 0.375. The van der Waals surface area contributed by atoms with Gasteiger partial charge in [-0.2, -0.15) is 0 Å². The molecule has 6 nitrogen and oxygen atoms in total. The van der Waals surface area contributed by atoms with E-state index in [9.17, 15) is 9.59 Å². The van der Waals surface area contributed by atoms with Gasteiger partial charge in [-0.1, -0.05) is 6.07 Å². The molecule has 1 aromatic carbocycles. The topological polar surface area (TPSA) is 71.1 Å². The highest BCUT2D eigenvalue weighted by atomic mass is 16.6. The molecule has 0 aromatic heterocycles. The number of carbonyl (C=O) groups excluding carboxylic acids is 2. The number of rotatable bonds is 3. The molecule has 22 heavy (non-hydrogen) atoms. The Bertz CT molecular complexity index is 607. The number of ether oxygens (including phenoxy) is 4. The second kappa shape index (κ2) is 6.51. The molecule has 2 aliphatic rings. The summed E-state index contributed by atoms with van der Waals surface area (Å²) in [5.41, 5.74) is 0.787. The third kappa shape index (κ3) is 3.39. The van der Waals surface area contributed by atoms with Gasteiger partial charge < -0.3 is 18.9 Å². The van der Waals surface area contributed by atoms with Gasteiger partial charge in [-0.15, -0.1) is 0 Å². The van der Waals surface area contributed by atoms with Gasteiger partial charge >= 0.3 is 11.9 Å². The van der Waals surface area contributed by atoms with E-state index in [1.807, 2.05) is 6.07 Å². The summed E-state index contributed by atoms with van der Waals surface area (Å²) in [4.78, 5) is 22.9. The minimum absolute atomic E-state index is 0.294. The molecule has 1 aromatic rings. The molecule has 116 valence electrons. The Morgan fingerprint density at radius 1 is 1.14 bits per heavy atom. The number of hydrogen-bond donors (Lipinski definition) is 0. The van der Waals surface area contributed by atoms with Crippen molar-refractivity contribution >= 4 is 18.0 Å². The number of esters is 2. The van der Waals surface area contributed by atoms with Crippen molar-refractivity contribution in [2.24, 2.45) is 0 Å². The van der Waals surface area contributed by atoms with E-state index < -0.39 is 18.0 Å². The molecule has 3 rings (SSSR count). The fourth-order valence-corrected chi connectivity index (χ4v) is 2.21. The average molecular weight is 304 g/mol. The molecular formula is C16H16O6. The van der Waals surface area contributed by atoms with Crippen molar-refractivity contribution in [3.63, 3.8) is 0 Å². The van der Waals surface area contributed by atoms with Crippen LogP contribution < -0.4 is 9.47 Å². The SMILES string of the molecule is O=C(/C=C/c1ccc2c(c1)OCCCO2)O[C@H]1CCOC1=O. The second-order valence-electron chi connectivity index (χ2n) is 4.97. The number of benzene rings is 1. The van der Waals surface area contributed by atoms with Gasteiger partial charge in [0.05, 0.1) is 19.8 Å². The maximum Gasteiger partial charge on any atom is 0.347 e. The number of fused-ring (bicyclic) bond motifs is 1. The van der Waals surface area contributed by atoms with Crippen LogP contribution in [0.25, 0.3) is 6.08 Å². The molecule has 0 saturated carbocycles. The van der Waals surface area contributed by atoms with Gasteiger partial charge in [-0.3, -0.25) is 0 Å². The van der Waals surface area contributed by atoms with Gasteiger partial charge in [0.15, 0.2) is 11.5 Å². The van der Waals surface area contributed by atoms with Crippen LogP contribution in [0.5, 0.6) is 11.5 Å². The highest BCUT2D eigenvalue weighted by Gasteiger charge is 2.29. The molecule has 2 heterocycles. The molecule has 0 bridgehead atoms. The first-order valence-corrected chi connectivity index (χ1v) is 7.17. The summed E-state index contributed by atoms with van der Waals surface area (Å²) < 4.78 is 20.9. The van der Waals surface area contributed by atoms with Crippen molar-refractivity contribution < 1.29 is 28.5 Å². The first kappa shape index (κ1) is 14.4. The normalized spacial score (nSPS) is 20.5. The largest absolute Gasteiger partial charge is 0.490 e. The van der Waals surface area contributed by atoms with Crippen LogP contribution in [0.15, 0.2) is 24.3 Å². The summed E-state index contributed by atoms with van der Waals surface area (Å²) in [6.07, 6.45) is 3.34. The summed E-state index contributed by atoms with van der Waals surface area (Å²) in [5, 5.41) is 0. The zero-order valence-corrected chi connectivity index (χ0v) is 11.9. The summed E-state index contributed by atoms with van der Waals surface area (Å²) >= 11 is 0. The summed E-state index contributed by atoms with van der Waals surface area (Å²) in [6, 6.07) is 5.43. The minimum Gasteiger partial charge on any atom is -0.490 e. The van der Waals surface area contributed by atoms with E-state index in [4.69, 9.17) is 18.9 Å². The lowest BCUT2D eigenvalue weighted by molar-refractivity contribution is -0.156. The van der Waals surface area contributed by atoms with Crippen LogP contribution >= 0.6 is 0 Å². The van der Waals surface area contributed by atoms with Crippen molar-refractivity contribution in [1.82, 2.24) is 0 Å². The van der Waals surface area contributed by atoms with E-state index in [-0.39, 0.29) is 0 Å². The van der Waals surface area contributed by atoms with Crippen LogP contribution in [0, 0.1) is 0 Å². The van der Waals surface area contributed by atoms with Gasteiger partial charge in [0, 0.05) is 18.9 Å². The van der Waals surface area contributed by atoms with Gasteiger partial charge in [0.1, 0.15) is 0 Å². The number of hydrogen-bond acceptors (Lipinski definition) is 6. The van der Waals surface area contributed by atoms with Crippen LogP contribution in [0.2, 0.25) is 0 Å². The molecule has 0 amide bonds. The Labute approximate surface area is 127 Å². The van der Waals surface area contributed by atoms with Crippen LogP contribution in [0.4, 0.5) is 0 Å². The molecule has 0 aliphatic carbocycles. The summed E-state index contributed by atoms with van der Waals surface area (Å²) in [6.45, 7) is 1.53. The molecular weight excluding hydrogens is 288 g/mol. The lowest BCUT2D eigenvalue weighted by Crippen LogP contribution is -2.21. The molecule has 1 fully saturated rings. The Kier molecular flexibility index (Phi) is 4.27. The lowest BCUT2D eigenvalue weighted by Gasteiger charge is -2.07. The predicted molar refractivity (Wildman–Crippen MR) is 76.5 cm³/mol. The van der Waals surface area contributed by atoms with Gasteiger partial charge in [0.25, 0.3) is 0 Å². The molecule has 1 saturated heterocycles. The van der Waals surface area contributed by atoms with Crippen molar-refractivity contribution in [2.45, 2.75) is 18.9 Å². The molecule has 2 aliphatic heterocycles. The molecule has 1 atom stereocenters. The van der Waals surface area contributed by atoms with Crippen molar-refractivity contribution in [2.75, 3.05) is 19.8 Å². The van der Waals surface area contributed by atoms with E-state index in [1.165, 1.54) is 6.08 Å². The van der Waals surface area contributed by atoms with Crippen LogP contribution in [0.1, 0.15) is 18.4 Å². The van der Waals surface area contributed by atoms with Crippen molar-refractivity contribution in [3.05, 3.63) is 29.8 Å². The molecule has 0 spiro atoms. The molecule has 6 heteroatoms. The van der Waals surface area contributed by atoms with Crippen molar-refractivity contribution in [3.8, 4) is 11.5 Å². The number of carbonyl (C=O) groups is 2. The predicted octanol–water partition coefficient (Wildman–Crippen LogP) is 1.72. The molecule has 0 N–H and O–H groups in total. The second-order valence-corrected chi connectivity index (χ2v) is 4.97. The molecule has 0 unspecified atom stereocenters. The Morgan fingerprint density at radius 3 is 2.73 bits per heavy atom. The van der Waals surface area contributed by atoms with Gasteiger partial charge in [-0.05, 0) is 23.8 Å². The highest BCUT2D eigenvalue weighted by molar-refractivity contribution is 5.89. The third-order valence-corrected chi connectivity index (χ3v) is 3.33. The van der Waals surface area contributed by atoms with E-state index in [1.54, 1.807) is 18.2 Å². The average Bonchev–Trinajstić information content (AvgIpc) is 2.78. The van der Waals surface area contributed by atoms with Crippen LogP contribution in [0.3, 0.4) is 0 Å². The van der Waals surface area contributed by atoms with E-state index in [2.05, 4.69) is 0 Å². The van der Waals surface area contributed by atoms with Gasteiger partial charge in [-0.25, -0.2) is 9.59 Å². The molecule has 0 radical (unpaired) electrons. The standard InChI is InChI=1S/C16H16O6/c17-15(22-13-6-9-21-16(13)18)5-3-11-2-4-12-14(10-11)20-8-1-7-19-12/h2-5,10,13H,1,6-9H2/b5-3+/t13-/m0/s1. The smallest absolute Gasteiger partial charge is 0.347 e. The minimum atomic E-state index is -0.791. The zero-order chi connectivity index (χ0) is 15.4. The first-order valence-electron chi connectivity index (χ1n) is 7.17. The monoisotopic (exact) mass is 304 g/mol. The van der Waals surface area contributed by atoms with Crippen LogP contribution in [-0.2, 0) is 19.1 Å². The van der Waals surface area contributed by atoms with Crippen molar-refractivity contribution in [1.29, 1.82) is 0 Å². The van der Waals surface area contributed by atoms with Crippen LogP contribution in [-0.4, -0.2) is 37.9 Å². The first-order chi connectivity index (χ1) is 10.7. The highest BCUT2D eigenvalue weighted by Crippen LogP contribution is 2.30. The quantitative estimate of drug-likeness (QED) is 0.625. The maximum atomic E-state index is 11.7. The third-order valence-electron chi connectivity index (χ3n) is 3.33. The summed E-state index contributed by atoms with van der Waals surface area (Å²) in [7, 11) is 0. The lowest BCUT2D eigenvalue weighted by atomic mass is 10.2. The van der Waals surface area contributed by atoms with E-state index >= 15 is 0 Å². The fourth-order valence-electron chi connectivity index (χ4n) is 2.21. The van der Waals surface area contributed by atoms with Gasteiger partial charge in [0.2, 0.25) is 6.10 Å².